The van der Waals surface area contributed by atoms with E-state index in [9.17, 15) is 4.79 Å². The lowest BCUT2D eigenvalue weighted by Crippen LogP contribution is -2.31. The molecule has 0 spiro atoms. The Morgan fingerprint density at radius 3 is 2.05 bits per heavy atom. The van der Waals surface area contributed by atoms with E-state index in [0.29, 0.717) is 11.5 Å². The van der Waals surface area contributed by atoms with Crippen molar-refractivity contribution in [1.29, 1.82) is 0 Å². The molecule has 20 heavy (non-hydrogen) atoms. The summed E-state index contributed by atoms with van der Waals surface area (Å²) in [5.41, 5.74) is 0.944. The number of halogens is 1. The zero-order chi connectivity index (χ0) is 15.3. The van der Waals surface area contributed by atoms with E-state index in [4.69, 9.17) is 18.9 Å². The van der Waals surface area contributed by atoms with Gasteiger partial charge in [0.2, 0.25) is 5.75 Å². The van der Waals surface area contributed by atoms with Crippen molar-refractivity contribution in [3.8, 4) is 17.2 Å². The molecule has 0 saturated carbocycles. The first-order valence-corrected chi connectivity index (χ1v) is 6.97. The second-order valence-corrected chi connectivity index (χ2v) is 5.25. The average molecular weight is 347 g/mol. The largest absolute Gasteiger partial charge is 0.493 e. The summed E-state index contributed by atoms with van der Waals surface area (Å²) in [6.45, 7) is 3.67. The van der Waals surface area contributed by atoms with Crippen molar-refractivity contribution in [2.75, 3.05) is 21.3 Å². The van der Waals surface area contributed by atoms with Crippen molar-refractivity contribution in [3.63, 3.8) is 0 Å². The fourth-order valence-corrected chi connectivity index (χ4v) is 1.89. The summed E-state index contributed by atoms with van der Waals surface area (Å²) in [5.74, 6) is 0.679. The molecule has 0 aliphatic rings. The fourth-order valence-electron chi connectivity index (χ4n) is 1.58. The van der Waals surface area contributed by atoms with Crippen LogP contribution in [0.25, 0.3) is 0 Å². The Morgan fingerprint density at radius 1 is 1.15 bits per heavy atom. The molecule has 0 heterocycles. The Kier molecular flexibility index (Phi) is 6.29. The van der Waals surface area contributed by atoms with Gasteiger partial charge >= 0.3 is 5.97 Å². The van der Waals surface area contributed by atoms with Crippen LogP contribution in [-0.2, 0) is 9.53 Å². The van der Waals surface area contributed by atoms with E-state index in [1.807, 2.05) is 6.92 Å². The Labute approximate surface area is 127 Å². The summed E-state index contributed by atoms with van der Waals surface area (Å²) < 4.78 is 20.9. The molecule has 0 radical (unpaired) electrons. The van der Waals surface area contributed by atoms with E-state index in [-0.39, 0.29) is 11.9 Å². The highest BCUT2D eigenvalue weighted by Gasteiger charge is 2.26. The van der Waals surface area contributed by atoms with Gasteiger partial charge in [-0.05, 0) is 31.5 Å². The number of rotatable bonds is 6. The quantitative estimate of drug-likeness (QED) is 0.450. The van der Waals surface area contributed by atoms with E-state index in [2.05, 4.69) is 15.9 Å². The summed E-state index contributed by atoms with van der Waals surface area (Å²) in [6, 6.07) is 3.54. The van der Waals surface area contributed by atoms with Crippen LogP contribution in [0.1, 0.15) is 12.5 Å². The highest BCUT2D eigenvalue weighted by Crippen LogP contribution is 2.38. The van der Waals surface area contributed by atoms with Crippen molar-refractivity contribution in [3.05, 3.63) is 17.7 Å². The van der Waals surface area contributed by atoms with E-state index in [0.717, 1.165) is 5.56 Å². The Bertz CT molecular complexity index is 450. The molecular formula is C14H19BrO5. The highest BCUT2D eigenvalue weighted by molar-refractivity contribution is 9.10. The number of hydrogen-bond donors (Lipinski definition) is 0. The molecule has 0 fully saturated rings. The lowest BCUT2D eigenvalue weighted by Gasteiger charge is -2.18. The molecule has 112 valence electrons. The third kappa shape index (κ3) is 3.86. The summed E-state index contributed by atoms with van der Waals surface area (Å²) in [5, 5.41) is 0. The zero-order valence-corrected chi connectivity index (χ0v) is 13.8. The minimum Gasteiger partial charge on any atom is -0.493 e. The molecule has 0 bridgehead atoms. The number of carbonyl (C=O) groups is 1. The topological polar surface area (TPSA) is 54.0 Å². The Balaban J connectivity index is 3.04. The fraction of sp³-hybridized carbons (Fsp3) is 0.500. The number of ether oxygens (including phenoxy) is 4. The maximum Gasteiger partial charge on any atom is 0.328 e. The molecule has 1 aromatic rings. The van der Waals surface area contributed by atoms with E-state index >= 15 is 0 Å². The van der Waals surface area contributed by atoms with Gasteiger partial charge in [0.15, 0.2) is 11.5 Å². The van der Waals surface area contributed by atoms with Gasteiger partial charge in [-0.25, -0.2) is 0 Å². The highest BCUT2D eigenvalue weighted by atomic mass is 79.9. The van der Waals surface area contributed by atoms with Gasteiger partial charge in [0, 0.05) is 7.11 Å². The van der Waals surface area contributed by atoms with Gasteiger partial charge in [-0.3, -0.25) is 4.79 Å². The number of methoxy groups -OCH3 is 3. The molecule has 0 saturated heterocycles. The second-order valence-electron chi connectivity index (χ2n) is 4.26. The van der Waals surface area contributed by atoms with Gasteiger partial charge < -0.3 is 18.9 Å². The van der Waals surface area contributed by atoms with Crippen LogP contribution in [0, 0.1) is 6.92 Å². The van der Waals surface area contributed by atoms with Crippen molar-refractivity contribution < 1.29 is 23.7 Å². The first-order chi connectivity index (χ1) is 9.44. The molecule has 0 aliphatic carbocycles. The van der Waals surface area contributed by atoms with Crippen LogP contribution in [0.4, 0.5) is 0 Å². The zero-order valence-electron chi connectivity index (χ0n) is 12.2. The summed E-state index contributed by atoms with van der Waals surface area (Å²) >= 11 is 3.25. The molecule has 0 N–H and O–H groups in total. The molecule has 0 aromatic heterocycles. The predicted octanol–water partition coefficient (Wildman–Crippen LogP) is 2.72. The lowest BCUT2D eigenvalue weighted by atomic mass is 10.2. The monoisotopic (exact) mass is 346 g/mol. The second kappa shape index (κ2) is 7.50. The number of carbonyl (C=O) groups excluding carboxylic acids is 1. The van der Waals surface area contributed by atoms with E-state index in [1.54, 1.807) is 19.1 Å². The predicted molar refractivity (Wildman–Crippen MR) is 79.1 cm³/mol. The molecular weight excluding hydrogens is 328 g/mol. The van der Waals surface area contributed by atoms with Crippen LogP contribution in [0.5, 0.6) is 17.2 Å². The number of aryl methyl sites for hydroxylation is 1. The molecule has 0 amide bonds. The minimum absolute atomic E-state index is 0.262. The van der Waals surface area contributed by atoms with Crippen LogP contribution in [0.3, 0.4) is 0 Å². The number of benzene rings is 1. The molecule has 5 nitrogen and oxygen atoms in total. The molecule has 2 atom stereocenters. The maximum atomic E-state index is 12.1. The van der Waals surface area contributed by atoms with E-state index < -0.39 is 10.8 Å². The minimum atomic E-state index is -0.580. The molecule has 1 rings (SSSR count). The van der Waals surface area contributed by atoms with Gasteiger partial charge in [-0.2, -0.15) is 0 Å². The molecule has 2 unspecified atom stereocenters. The maximum absolute atomic E-state index is 12.1. The number of alkyl halides is 1. The standard InChI is InChI=1S/C14H19BrO5/c1-8-6-10(18-4)13(11(7-8)19-5)20-14(16)12(15)9(2)17-3/h6-7,9,12H,1-5H3. The van der Waals surface area contributed by atoms with Crippen LogP contribution in [0.2, 0.25) is 0 Å². The Hall–Kier alpha value is -1.27. The van der Waals surface area contributed by atoms with Gasteiger partial charge in [-0.1, -0.05) is 15.9 Å². The lowest BCUT2D eigenvalue weighted by molar-refractivity contribution is -0.135. The third-order valence-electron chi connectivity index (χ3n) is 2.82. The third-order valence-corrected chi connectivity index (χ3v) is 3.93. The Morgan fingerprint density at radius 2 is 1.65 bits per heavy atom. The summed E-state index contributed by atoms with van der Waals surface area (Å²) in [7, 11) is 4.54. The van der Waals surface area contributed by atoms with Crippen LogP contribution in [0.15, 0.2) is 12.1 Å². The van der Waals surface area contributed by atoms with Crippen molar-refractivity contribution in [2.24, 2.45) is 0 Å². The van der Waals surface area contributed by atoms with Gasteiger partial charge in [0.25, 0.3) is 0 Å². The van der Waals surface area contributed by atoms with Crippen LogP contribution < -0.4 is 14.2 Å². The molecule has 1 aromatic carbocycles. The van der Waals surface area contributed by atoms with Crippen LogP contribution in [-0.4, -0.2) is 38.2 Å². The van der Waals surface area contributed by atoms with Crippen molar-refractivity contribution in [2.45, 2.75) is 24.8 Å². The molecule has 0 aliphatic heterocycles. The van der Waals surface area contributed by atoms with Crippen molar-refractivity contribution >= 4 is 21.9 Å². The smallest absolute Gasteiger partial charge is 0.328 e. The first kappa shape index (κ1) is 16.8. The summed E-state index contributed by atoms with van der Waals surface area (Å²) in [6.07, 6.45) is -0.315. The number of hydrogen-bond acceptors (Lipinski definition) is 5. The van der Waals surface area contributed by atoms with Gasteiger partial charge in [0.1, 0.15) is 4.83 Å². The van der Waals surface area contributed by atoms with Crippen molar-refractivity contribution in [1.82, 2.24) is 0 Å². The normalized spacial score (nSPS) is 13.5. The van der Waals surface area contributed by atoms with Gasteiger partial charge in [-0.15, -0.1) is 0 Å². The van der Waals surface area contributed by atoms with Crippen LogP contribution >= 0.6 is 15.9 Å². The van der Waals surface area contributed by atoms with Gasteiger partial charge in [0.05, 0.1) is 20.3 Å². The number of esters is 1. The SMILES string of the molecule is COc1cc(C)cc(OC)c1OC(=O)C(Br)C(C)OC. The van der Waals surface area contributed by atoms with E-state index in [1.165, 1.54) is 21.3 Å². The average Bonchev–Trinajstić information content (AvgIpc) is 2.46. The summed E-state index contributed by atoms with van der Waals surface area (Å²) in [4.78, 5) is 11.5. The molecule has 6 heteroatoms. The first-order valence-electron chi connectivity index (χ1n) is 6.05.